The summed E-state index contributed by atoms with van der Waals surface area (Å²) < 4.78 is 21.3. The number of ether oxygens (including phenoxy) is 4. The number of hydrogen-bond donors (Lipinski definition) is 1. The molecule has 0 fully saturated rings. The van der Waals surface area contributed by atoms with Crippen molar-refractivity contribution in [1.29, 1.82) is 0 Å². The zero-order valence-electron chi connectivity index (χ0n) is 18.7. The minimum atomic E-state index is -0.342. The van der Waals surface area contributed by atoms with Gasteiger partial charge in [0.2, 0.25) is 11.7 Å². The van der Waals surface area contributed by atoms with E-state index >= 15 is 0 Å². The van der Waals surface area contributed by atoms with E-state index in [1.54, 1.807) is 20.3 Å². The minimum absolute atomic E-state index is 0.0633. The lowest BCUT2D eigenvalue weighted by Crippen LogP contribution is -2.28. The zero-order chi connectivity index (χ0) is 22.6. The predicted octanol–water partition coefficient (Wildman–Crippen LogP) is 3.25. The van der Waals surface area contributed by atoms with Crippen LogP contribution in [0.15, 0.2) is 36.4 Å². The summed E-state index contributed by atoms with van der Waals surface area (Å²) in [7, 11) is 4.63. The highest BCUT2D eigenvalue weighted by atomic mass is 16.5. The molecule has 7 nitrogen and oxygen atoms in total. The van der Waals surface area contributed by atoms with Gasteiger partial charge in [0.15, 0.2) is 11.5 Å². The Morgan fingerprint density at radius 3 is 2.19 bits per heavy atom. The highest BCUT2D eigenvalue weighted by molar-refractivity contribution is 5.76. The molecule has 0 spiro atoms. The molecule has 0 aromatic heterocycles. The first-order valence-corrected chi connectivity index (χ1v) is 10.2. The second-order valence-corrected chi connectivity index (χ2v) is 7.05. The van der Waals surface area contributed by atoms with E-state index in [0.29, 0.717) is 36.5 Å². The molecular weight excluding hydrogens is 398 g/mol. The summed E-state index contributed by atoms with van der Waals surface area (Å²) in [5.74, 6) is 1.18. The van der Waals surface area contributed by atoms with Crippen LogP contribution in [0.2, 0.25) is 0 Å². The fourth-order valence-electron chi connectivity index (χ4n) is 3.13. The van der Waals surface area contributed by atoms with Gasteiger partial charge in [-0.2, -0.15) is 0 Å². The fraction of sp³-hybridized carbons (Fsp3) is 0.417. The molecule has 2 aromatic rings. The molecule has 0 bridgehead atoms. The molecule has 0 aliphatic heterocycles. The Morgan fingerprint density at radius 1 is 0.839 bits per heavy atom. The van der Waals surface area contributed by atoms with Crippen LogP contribution in [0.4, 0.5) is 0 Å². The lowest BCUT2D eigenvalue weighted by atomic mass is 10.1. The molecule has 1 amide bonds. The average molecular weight is 430 g/mol. The number of benzene rings is 2. The van der Waals surface area contributed by atoms with Crippen LogP contribution in [0.5, 0.6) is 17.2 Å². The van der Waals surface area contributed by atoms with Crippen LogP contribution in [0.3, 0.4) is 0 Å². The first-order valence-electron chi connectivity index (χ1n) is 10.2. The molecule has 0 aliphatic rings. The maximum Gasteiger partial charge on any atom is 0.306 e. The third-order valence-electron chi connectivity index (χ3n) is 4.83. The molecule has 0 unspecified atom stereocenters. The quantitative estimate of drug-likeness (QED) is 0.412. The monoisotopic (exact) mass is 429 g/mol. The summed E-state index contributed by atoms with van der Waals surface area (Å²) in [6, 6.07) is 11.7. The standard InChI is InChI=1S/C24H31NO6/c1-17-5-7-18(8-6-17)9-13-21(26)25-15-16-31-22(27)14-11-19-10-12-20(28-2)24(30-4)23(19)29-3/h5-8,10,12H,9,11,13-16H2,1-4H3,(H,25,26). The van der Waals surface area contributed by atoms with E-state index in [1.807, 2.05) is 37.3 Å². The van der Waals surface area contributed by atoms with Crippen LogP contribution in [-0.4, -0.2) is 46.4 Å². The van der Waals surface area contributed by atoms with E-state index in [2.05, 4.69) is 5.32 Å². The molecule has 0 atom stereocenters. The molecule has 7 heteroatoms. The van der Waals surface area contributed by atoms with E-state index in [4.69, 9.17) is 18.9 Å². The summed E-state index contributed by atoms with van der Waals surface area (Å²) >= 11 is 0. The maximum atomic E-state index is 12.0. The van der Waals surface area contributed by atoms with Crippen LogP contribution in [0.1, 0.15) is 29.5 Å². The van der Waals surface area contributed by atoms with E-state index in [0.717, 1.165) is 11.1 Å². The largest absolute Gasteiger partial charge is 0.493 e. The van der Waals surface area contributed by atoms with Gasteiger partial charge in [-0.1, -0.05) is 35.9 Å². The van der Waals surface area contributed by atoms with Gasteiger partial charge in [0.25, 0.3) is 0 Å². The van der Waals surface area contributed by atoms with Crippen LogP contribution in [0.25, 0.3) is 0 Å². The Kier molecular flexibility index (Phi) is 9.68. The fourth-order valence-corrected chi connectivity index (χ4v) is 3.13. The van der Waals surface area contributed by atoms with E-state index in [-0.39, 0.29) is 31.4 Å². The lowest BCUT2D eigenvalue weighted by Gasteiger charge is -2.15. The number of amides is 1. The van der Waals surface area contributed by atoms with Crippen molar-refractivity contribution in [1.82, 2.24) is 5.32 Å². The summed E-state index contributed by atoms with van der Waals surface area (Å²) in [6.07, 6.45) is 1.70. The van der Waals surface area contributed by atoms with E-state index in [9.17, 15) is 9.59 Å². The molecular formula is C24H31NO6. The highest BCUT2D eigenvalue weighted by Crippen LogP contribution is 2.40. The predicted molar refractivity (Wildman–Crippen MR) is 118 cm³/mol. The van der Waals surface area contributed by atoms with E-state index < -0.39 is 0 Å². The Bertz CT molecular complexity index is 863. The van der Waals surface area contributed by atoms with Crippen molar-refractivity contribution >= 4 is 11.9 Å². The van der Waals surface area contributed by atoms with Gasteiger partial charge in [0.1, 0.15) is 6.61 Å². The van der Waals surface area contributed by atoms with Gasteiger partial charge in [-0.3, -0.25) is 9.59 Å². The zero-order valence-corrected chi connectivity index (χ0v) is 18.7. The number of carbonyl (C=O) groups excluding carboxylic acids is 2. The molecule has 2 aromatic carbocycles. The van der Waals surface area contributed by atoms with Crippen molar-refractivity contribution < 1.29 is 28.5 Å². The number of carbonyl (C=O) groups is 2. The average Bonchev–Trinajstić information content (AvgIpc) is 2.79. The summed E-state index contributed by atoms with van der Waals surface area (Å²) in [5, 5.41) is 2.77. The molecule has 168 valence electrons. The highest BCUT2D eigenvalue weighted by Gasteiger charge is 2.16. The second-order valence-electron chi connectivity index (χ2n) is 7.05. The van der Waals surface area contributed by atoms with Crippen molar-refractivity contribution in [3.05, 3.63) is 53.1 Å². The third-order valence-corrected chi connectivity index (χ3v) is 4.83. The van der Waals surface area contributed by atoms with Crippen molar-refractivity contribution in [3.63, 3.8) is 0 Å². The molecule has 0 aliphatic carbocycles. The Morgan fingerprint density at radius 2 is 1.55 bits per heavy atom. The number of aryl methyl sites for hydroxylation is 3. The third kappa shape index (κ3) is 7.51. The molecule has 1 N–H and O–H groups in total. The van der Waals surface area contributed by atoms with Crippen LogP contribution in [0, 0.1) is 6.92 Å². The molecule has 0 heterocycles. The summed E-state index contributed by atoms with van der Waals surface area (Å²) in [6.45, 7) is 2.46. The maximum absolute atomic E-state index is 12.0. The van der Waals surface area contributed by atoms with Crippen molar-refractivity contribution in [3.8, 4) is 17.2 Å². The van der Waals surface area contributed by atoms with Gasteiger partial charge < -0.3 is 24.3 Å². The second kappa shape index (κ2) is 12.5. The summed E-state index contributed by atoms with van der Waals surface area (Å²) in [4.78, 5) is 24.0. The van der Waals surface area contributed by atoms with Crippen molar-refractivity contribution in [2.75, 3.05) is 34.5 Å². The van der Waals surface area contributed by atoms with Crippen LogP contribution >= 0.6 is 0 Å². The molecule has 0 saturated carbocycles. The SMILES string of the molecule is COc1ccc(CCC(=O)OCCNC(=O)CCc2ccc(C)cc2)c(OC)c1OC. The Labute approximate surface area is 183 Å². The van der Waals surface area contributed by atoms with Crippen LogP contribution < -0.4 is 19.5 Å². The van der Waals surface area contributed by atoms with Gasteiger partial charge >= 0.3 is 5.97 Å². The lowest BCUT2D eigenvalue weighted by molar-refractivity contribution is -0.143. The minimum Gasteiger partial charge on any atom is -0.493 e. The first-order chi connectivity index (χ1) is 15.0. The molecule has 0 saturated heterocycles. The number of methoxy groups -OCH3 is 3. The van der Waals surface area contributed by atoms with Gasteiger partial charge in [-0.25, -0.2) is 0 Å². The normalized spacial score (nSPS) is 10.3. The van der Waals surface area contributed by atoms with Gasteiger partial charge in [0.05, 0.1) is 27.9 Å². The van der Waals surface area contributed by atoms with E-state index in [1.165, 1.54) is 12.7 Å². The molecule has 0 radical (unpaired) electrons. The van der Waals surface area contributed by atoms with Gasteiger partial charge in [-0.15, -0.1) is 0 Å². The summed E-state index contributed by atoms with van der Waals surface area (Å²) in [5.41, 5.74) is 3.14. The molecule has 2 rings (SSSR count). The topological polar surface area (TPSA) is 83.1 Å². The van der Waals surface area contributed by atoms with Crippen LogP contribution in [-0.2, 0) is 27.2 Å². The van der Waals surface area contributed by atoms with Crippen molar-refractivity contribution in [2.24, 2.45) is 0 Å². The van der Waals surface area contributed by atoms with Gasteiger partial charge in [0, 0.05) is 12.8 Å². The Balaban J connectivity index is 1.69. The molecule has 31 heavy (non-hydrogen) atoms. The number of nitrogens with one attached hydrogen (secondary N) is 1. The first kappa shape index (κ1) is 24.1. The Hall–Kier alpha value is -3.22. The number of esters is 1. The number of rotatable bonds is 12. The number of hydrogen-bond acceptors (Lipinski definition) is 6. The smallest absolute Gasteiger partial charge is 0.306 e. The van der Waals surface area contributed by atoms with Gasteiger partial charge in [-0.05, 0) is 37.0 Å². The van der Waals surface area contributed by atoms with Crippen molar-refractivity contribution in [2.45, 2.75) is 32.6 Å².